The third-order valence-electron chi connectivity index (χ3n) is 5.99. The molecular formula is C22H27ClN4O. The third-order valence-corrected chi connectivity index (χ3v) is 6.32. The maximum absolute atomic E-state index is 13.1. The first-order valence-corrected chi connectivity index (χ1v) is 10.3. The number of rotatable bonds is 4. The van der Waals surface area contributed by atoms with Crippen LogP contribution in [0, 0.1) is 0 Å². The Morgan fingerprint density at radius 2 is 1.79 bits per heavy atom. The summed E-state index contributed by atoms with van der Waals surface area (Å²) in [4.78, 5) is 17.9. The average Bonchev–Trinajstić information content (AvgIpc) is 2.69. The first kappa shape index (κ1) is 19.2. The fourth-order valence-corrected chi connectivity index (χ4v) is 4.60. The molecule has 1 saturated heterocycles. The Morgan fingerprint density at radius 1 is 1.07 bits per heavy atom. The normalized spacial score (nSPS) is 23.3. The van der Waals surface area contributed by atoms with Crippen molar-refractivity contribution < 1.29 is 4.79 Å². The van der Waals surface area contributed by atoms with Gasteiger partial charge in [-0.2, -0.15) is 0 Å². The number of nitrogen functional groups attached to an aromatic ring is 1. The van der Waals surface area contributed by atoms with Crippen LogP contribution in [-0.4, -0.2) is 55.5 Å². The van der Waals surface area contributed by atoms with Crippen LogP contribution in [0.25, 0.3) is 0 Å². The molecular weight excluding hydrogens is 372 g/mol. The zero-order valence-electron chi connectivity index (χ0n) is 16.2. The van der Waals surface area contributed by atoms with Crippen molar-refractivity contribution in [3.8, 4) is 0 Å². The van der Waals surface area contributed by atoms with Crippen molar-refractivity contribution in [1.29, 1.82) is 0 Å². The smallest absolute Gasteiger partial charge is 0.228 e. The second-order valence-corrected chi connectivity index (χ2v) is 8.21. The van der Waals surface area contributed by atoms with E-state index >= 15 is 0 Å². The molecule has 2 aromatic carbocycles. The summed E-state index contributed by atoms with van der Waals surface area (Å²) in [6, 6.07) is 13.3. The van der Waals surface area contributed by atoms with E-state index in [1.807, 2.05) is 30.3 Å². The van der Waals surface area contributed by atoms with Crippen LogP contribution >= 0.6 is 11.6 Å². The van der Waals surface area contributed by atoms with E-state index < -0.39 is 0 Å². The highest BCUT2D eigenvalue weighted by Gasteiger charge is 2.35. The molecule has 3 N–H and O–H groups in total. The zero-order chi connectivity index (χ0) is 19.7. The zero-order valence-corrected chi connectivity index (χ0v) is 17.0. The van der Waals surface area contributed by atoms with Gasteiger partial charge in [-0.1, -0.05) is 41.9 Å². The molecule has 5 nitrogen and oxygen atoms in total. The van der Waals surface area contributed by atoms with Crippen molar-refractivity contribution in [3.63, 3.8) is 0 Å². The number of benzene rings is 2. The minimum atomic E-state index is -0.308. The summed E-state index contributed by atoms with van der Waals surface area (Å²) in [7, 11) is 2.16. The van der Waals surface area contributed by atoms with Crippen molar-refractivity contribution in [3.05, 3.63) is 64.2 Å². The SMILES string of the molecule is CN1CCN(CCC2C(=O)NC(c3c(N)cccc3Cl)c3ccccc32)CC1. The lowest BCUT2D eigenvalue weighted by molar-refractivity contribution is -0.124. The molecule has 0 aliphatic carbocycles. The lowest BCUT2D eigenvalue weighted by Gasteiger charge is -2.36. The molecule has 6 heteroatoms. The van der Waals surface area contributed by atoms with Crippen molar-refractivity contribution in [1.82, 2.24) is 15.1 Å². The highest BCUT2D eigenvalue weighted by atomic mass is 35.5. The molecule has 0 radical (unpaired) electrons. The Morgan fingerprint density at radius 3 is 2.50 bits per heavy atom. The van der Waals surface area contributed by atoms with Crippen LogP contribution < -0.4 is 11.1 Å². The second kappa shape index (κ2) is 8.11. The van der Waals surface area contributed by atoms with Gasteiger partial charge in [-0.25, -0.2) is 0 Å². The van der Waals surface area contributed by atoms with Crippen molar-refractivity contribution >= 4 is 23.2 Å². The van der Waals surface area contributed by atoms with Gasteiger partial charge in [-0.05, 0) is 43.3 Å². The predicted octanol–water partition coefficient (Wildman–Crippen LogP) is 2.86. The molecule has 2 aliphatic rings. The van der Waals surface area contributed by atoms with Crippen molar-refractivity contribution in [2.45, 2.75) is 18.4 Å². The van der Waals surface area contributed by atoms with Gasteiger partial charge in [-0.3, -0.25) is 4.79 Å². The number of likely N-dealkylation sites (N-methyl/N-ethyl adjacent to an activating group) is 1. The van der Waals surface area contributed by atoms with Crippen LogP contribution in [0.5, 0.6) is 0 Å². The number of fused-ring (bicyclic) bond motifs is 1. The van der Waals surface area contributed by atoms with Gasteiger partial charge in [0.25, 0.3) is 0 Å². The summed E-state index contributed by atoms with van der Waals surface area (Å²) >= 11 is 6.45. The largest absolute Gasteiger partial charge is 0.398 e. The first-order chi connectivity index (χ1) is 13.5. The van der Waals surface area contributed by atoms with Crippen LogP contribution in [0.2, 0.25) is 5.02 Å². The molecule has 2 atom stereocenters. The predicted molar refractivity (Wildman–Crippen MR) is 114 cm³/mol. The number of hydrogen-bond acceptors (Lipinski definition) is 4. The quantitative estimate of drug-likeness (QED) is 0.777. The number of carbonyl (C=O) groups excluding carboxylic acids is 1. The standard InChI is InChI=1S/C22H27ClN4O/c1-26-11-13-27(14-12-26)10-9-17-15-5-2-3-6-16(15)21(25-22(17)28)20-18(23)7-4-8-19(20)24/h2-8,17,21H,9-14,24H2,1H3,(H,25,28). The van der Waals surface area contributed by atoms with Crippen molar-refractivity contribution in [2.75, 3.05) is 45.5 Å². The minimum absolute atomic E-state index is 0.0529. The summed E-state index contributed by atoms with van der Waals surface area (Å²) in [5.41, 5.74) is 9.77. The van der Waals surface area contributed by atoms with E-state index in [4.69, 9.17) is 17.3 Å². The highest BCUT2D eigenvalue weighted by Crippen LogP contribution is 2.40. The average molecular weight is 399 g/mol. The van der Waals surface area contributed by atoms with Gasteiger partial charge < -0.3 is 20.9 Å². The summed E-state index contributed by atoms with van der Waals surface area (Å²) in [5, 5.41) is 3.76. The number of nitrogens with zero attached hydrogens (tertiary/aromatic N) is 2. The summed E-state index contributed by atoms with van der Waals surface area (Å²) < 4.78 is 0. The molecule has 4 rings (SSSR count). The van der Waals surface area contributed by atoms with Crippen LogP contribution in [-0.2, 0) is 4.79 Å². The Labute approximate surface area is 171 Å². The van der Waals surface area contributed by atoms with Gasteiger partial charge in [0.15, 0.2) is 0 Å². The van der Waals surface area contributed by atoms with Gasteiger partial charge >= 0.3 is 0 Å². The third kappa shape index (κ3) is 3.75. The van der Waals surface area contributed by atoms with Crippen molar-refractivity contribution in [2.24, 2.45) is 0 Å². The molecule has 0 spiro atoms. The molecule has 1 amide bonds. The Balaban J connectivity index is 1.59. The summed E-state index contributed by atoms with van der Waals surface area (Å²) in [6.45, 7) is 5.22. The Bertz CT molecular complexity index is 843. The fraction of sp³-hybridized carbons (Fsp3) is 0.409. The molecule has 28 heavy (non-hydrogen) atoms. The van der Waals surface area contributed by atoms with Gasteiger partial charge in [0.05, 0.1) is 12.0 Å². The molecule has 0 saturated carbocycles. The van der Waals surface area contributed by atoms with E-state index in [2.05, 4.69) is 34.3 Å². The lowest BCUT2D eigenvalue weighted by atomic mass is 9.81. The molecule has 0 aromatic heterocycles. The molecule has 2 heterocycles. The number of nitrogens with one attached hydrogen (secondary N) is 1. The first-order valence-electron chi connectivity index (χ1n) is 9.88. The summed E-state index contributed by atoms with van der Waals surface area (Å²) in [6.07, 6.45) is 0.817. The molecule has 2 unspecified atom stereocenters. The van der Waals surface area contributed by atoms with Gasteiger partial charge in [-0.15, -0.1) is 0 Å². The van der Waals surface area contributed by atoms with E-state index in [1.165, 1.54) is 0 Å². The highest BCUT2D eigenvalue weighted by molar-refractivity contribution is 6.31. The topological polar surface area (TPSA) is 61.6 Å². The number of nitrogens with two attached hydrogens (primary N) is 1. The van der Waals surface area contributed by atoms with E-state index in [0.717, 1.165) is 55.8 Å². The summed E-state index contributed by atoms with van der Waals surface area (Å²) in [5.74, 6) is -0.0898. The van der Waals surface area contributed by atoms with Crippen LogP contribution in [0.1, 0.15) is 35.1 Å². The molecule has 0 bridgehead atoms. The van der Waals surface area contributed by atoms with Crippen LogP contribution in [0.4, 0.5) is 5.69 Å². The maximum Gasteiger partial charge on any atom is 0.228 e. The van der Waals surface area contributed by atoms with E-state index in [1.54, 1.807) is 0 Å². The molecule has 1 fully saturated rings. The van der Waals surface area contributed by atoms with Gasteiger partial charge in [0.2, 0.25) is 5.91 Å². The van der Waals surface area contributed by atoms with E-state index in [9.17, 15) is 4.79 Å². The Hall–Kier alpha value is -2.08. The maximum atomic E-state index is 13.1. The molecule has 2 aliphatic heterocycles. The van der Waals surface area contributed by atoms with Crippen LogP contribution in [0.15, 0.2) is 42.5 Å². The molecule has 2 aromatic rings. The lowest BCUT2D eigenvalue weighted by Crippen LogP contribution is -2.46. The van der Waals surface area contributed by atoms with Gasteiger partial charge in [0.1, 0.15) is 0 Å². The van der Waals surface area contributed by atoms with Crippen LogP contribution in [0.3, 0.4) is 0 Å². The minimum Gasteiger partial charge on any atom is -0.398 e. The Kier molecular flexibility index (Phi) is 5.58. The number of anilines is 1. The number of hydrogen-bond donors (Lipinski definition) is 2. The second-order valence-electron chi connectivity index (χ2n) is 7.80. The number of amides is 1. The van der Waals surface area contributed by atoms with E-state index in [0.29, 0.717) is 10.7 Å². The monoisotopic (exact) mass is 398 g/mol. The number of carbonyl (C=O) groups is 1. The number of halogens is 1. The number of piperazine rings is 1. The van der Waals surface area contributed by atoms with Gasteiger partial charge in [0, 0.05) is 42.5 Å². The van der Waals surface area contributed by atoms with E-state index in [-0.39, 0.29) is 17.9 Å². The fourth-order valence-electron chi connectivity index (χ4n) is 4.31. The molecule has 148 valence electrons.